The van der Waals surface area contributed by atoms with E-state index >= 15 is 0 Å². The summed E-state index contributed by atoms with van der Waals surface area (Å²) in [6, 6.07) is 31.8. The van der Waals surface area contributed by atoms with Gasteiger partial charge < -0.3 is 24.8 Å². The minimum absolute atomic E-state index is 0.0796. The lowest BCUT2D eigenvalue weighted by Gasteiger charge is -2.30. The summed E-state index contributed by atoms with van der Waals surface area (Å²) >= 11 is 0. The van der Waals surface area contributed by atoms with Gasteiger partial charge in [-0.25, -0.2) is 0 Å². The number of hydrogen-bond donors (Lipinski definition) is 2. The smallest absolute Gasteiger partial charge is 0.163 e. The molecule has 0 saturated heterocycles. The molecule has 6 nitrogen and oxygen atoms in total. The van der Waals surface area contributed by atoms with Gasteiger partial charge in [0.1, 0.15) is 12.4 Å². The first-order valence-corrected chi connectivity index (χ1v) is 14.1. The number of ketones is 1. The molecule has 0 spiro atoms. The third-order valence-electron chi connectivity index (χ3n) is 7.73. The number of carbonyl (C=O) groups excluding carboxylic acids is 1. The van der Waals surface area contributed by atoms with Crippen molar-refractivity contribution in [3.63, 3.8) is 0 Å². The maximum atomic E-state index is 14.0. The van der Waals surface area contributed by atoms with E-state index in [1.165, 1.54) is 0 Å². The molecule has 4 aromatic carbocycles. The van der Waals surface area contributed by atoms with Crippen LogP contribution < -0.4 is 24.8 Å². The first-order valence-electron chi connectivity index (χ1n) is 14.1. The zero-order valence-electron chi connectivity index (χ0n) is 23.4. The van der Waals surface area contributed by atoms with Gasteiger partial charge >= 0.3 is 0 Å². The van der Waals surface area contributed by atoms with E-state index in [4.69, 9.17) is 14.2 Å². The van der Waals surface area contributed by atoms with Gasteiger partial charge in [-0.2, -0.15) is 0 Å². The predicted molar refractivity (Wildman–Crippen MR) is 162 cm³/mol. The van der Waals surface area contributed by atoms with E-state index in [2.05, 4.69) is 22.8 Å². The number of hydrogen-bond acceptors (Lipinski definition) is 6. The van der Waals surface area contributed by atoms with Crippen LogP contribution in [0, 0.1) is 0 Å². The Labute approximate surface area is 241 Å². The van der Waals surface area contributed by atoms with Crippen molar-refractivity contribution in [3.05, 3.63) is 125 Å². The molecule has 0 amide bonds. The molecule has 2 unspecified atom stereocenters. The third-order valence-corrected chi connectivity index (χ3v) is 7.73. The molecule has 2 N–H and O–H groups in total. The first kappa shape index (κ1) is 26.5. The van der Waals surface area contributed by atoms with Gasteiger partial charge in [-0.1, -0.05) is 60.7 Å². The molecule has 0 fully saturated rings. The van der Waals surface area contributed by atoms with E-state index in [1.54, 1.807) is 7.11 Å². The van der Waals surface area contributed by atoms with Gasteiger partial charge in [-0.15, -0.1) is 0 Å². The highest BCUT2D eigenvalue weighted by Gasteiger charge is 2.36. The van der Waals surface area contributed by atoms with Gasteiger partial charge in [0, 0.05) is 17.7 Å². The van der Waals surface area contributed by atoms with Crippen molar-refractivity contribution < 1.29 is 19.0 Å². The number of anilines is 2. The maximum absolute atomic E-state index is 14.0. The highest BCUT2D eigenvalue weighted by molar-refractivity contribution is 6.01. The van der Waals surface area contributed by atoms with Gasteiger partial charge in [-0.05, 0) is 72.4 Å². The predicted octanol–water partition coefficient (Wildman–Crippen LogP) is 7.65. The van der Waals surface area contributed by atoms with Crippen molar-refractivity contribution in [2.24, 2.45) is 0 Å². The van der Waals surface area contributed by atoms with Crippen molar-refractivity contribution in [3.8, 4) is 17.2 Å². The number of carbonyl (C=O) groups is 1. The number of methoxy groups -OCH3 is 1. The molecule has 6 heteroatoms. The summed E-state index contributed by atoms with van der Waals surface area (Å²) in [5, 5.41) is 7.29. The highest BCUT2D eigenvalue weighted by atomic mass is 16.5. The number of nitrogens with one attached hydrogen (secondary N) is 2. The highest BCUT2D eigenvalue weighted by Crippen LogP contribution is 2.45. The molecule has 1 aliphatic carbocycles. The molecule has 1 heterocycles. The van der Waals surface area contributed by atoms with Crippen LogP contribution in [0.15, 0.2) is 108 Å². The minimum atomic E-state index is -0.347. The number of rotatable bonds is 8. The van der Waals surface area contributed by atoms with Crippen molar-refractivity contribution in [2.45, 2.75) is 38.3 Å². The number of para-hydroxylation sites is 2. The second-order valence-corrected chi connectivity index (χ2v) is 10.4. The second kappa shape index (κ2) is 11.8. The van der Waals surface area contributed by atoms with Gasteiger partial charge in [0.15, 0.2) is 17.3 Å². The van der Waals surface area contributed by atoms with Gasteiger partial charge in [0.2, 0.25) is 0 Å². The van der Waals surface area contributed by atoms with Crippen LogP contribution in [0.2, 0.25) is 0 Å². The zero-order valence-corrected chi connectivity index (χ0v) is 23.4. The molecule has 0 saturated carbocycles. The Hall–Kier alpha value is -4.71. The third kappa shape index (κ3) is 5.64. The van der Waals surface area contributed by atoms with E-state index < -0.39 is 0 Å². The van der Waals surface area contributed by atoms with Crippen molar-refractivity contribution >= 4 is 17.2 Å². The Morgan fingerprint density at radius 1 is 0.780 bits per heavy atom. The molecule has 4 aromatic rings. The lowest BCUT2D eigenvalue weighted by Crippen LogP contribution is -2.27. The van der Waals surface area contributed by atoms with Crippen LogP contribution in [-0.4, -0.2) is 19.5 Å². The van der Waals surface area contributed by atoms with Crippen LogP contribution >= 0.6 is 0 Å². The summed E-state index contributed by atoms with van der Waals surface area (Å²) in [6.07, 6.45) is 1.17. The molecule has 6 rings (SSSR count). The van der Waals surface area contributed by atoms with Crippen LogP contribution in [0.3, 0.4) is 0 Å². The fraction of sp³-hybridized carbons (Fsp3) is 0.229. The van der Waals surface area contributed by atoms with Crippen LogP contribution in [0.25, 0.3) is 0 Å². The van der Waals surface area contributed by atoms with E-state index in [0.717, 1.165) is 51.5 Å². The largest absolute Gasteiger partial charge is 0.494 e. The molecule has 0 bridgehead atoms. The molecular formula is C35H34N2O4. The number of allylic oxidation sites excluding steroid dienone is 1. The summed E-state index contributed by atoms with van der Waals surface area (Å²) in [5.41, 5.74) is 6.76. The molecular weight excluding hydrogens is 512 g/mol. The SMILES string of the molecule is CCOc1ccc(C2CC(=O)C3=C(C2)Nc2ccccc2NC3c2ccc(OC)c(OCc3ccccc3)c2)cc1. The Kier molecular flexibility index (Phi) is 7.63. The summed E-state index contributed by atoms with van der Waals surface area (Å²) in [5.74, 6) is 2.34. The summed E-state index contributed by atoms with van der Waals surface area (Å²) in [4.78, 5) is 14.0. The van der Waals surface area contributed by atoms with Crippen LogP contribution in [0.1, 0.15) is 48.4 Å². The molecule has 0 radical (unpaired) electrons. The van der Waals surface area contributed by atoms with E-state index in [1.807, 2.05) is 91.9 Å². The van der Waals surface area contributed by atoms with E-state index in [-0.39, 0.29) is 17.7 Å². The van der Waals surface area contributed by atoms with Crippen LogP contribution in [0.5, 0.6) is 17.2 Å². The van der Waals surface area contributed by atoms with E-state index in [9.17, 15) is 4.79 Å². The Morgan fingerprint density at radius 2 is 1.51 bits per heavy atom. The van der Waals surface area contributed by atoms with Gasteiger partial charge in [0.25, 0.3) is 0 Å². The summed E-state index contributed by atoms with van der Waals surface area (Å²) < 4.78 is 17.5. The fourth-order valence-electron chi connectivity index (χ4n) is 5.70. The Bertz CT molecular complexity index is 1560. The standard InChI is InChI=1S/C35H34N2O4/c1-3-40-27-16-13-24(14-17-27)26-19-30-34(31(38)20-26)35(37-29-12-8-7-11-28(29)36-30)25-15-18-32(39-2)33(21-25)41-22-23-9-5-4-6-10-23/h4-18,21,26,35-37H,3,19-20,22H2,1-2H3. The average molecular weight is 547 g/mol. The first-order chi connectivity index (χ1) is 20.1. The van der Waals surface area contributed by atoms with E-state index in [0.29, 0.717) is 31.1 Å². The molecule has 41 heavy (non-hydrogen) atoms. The number of Topliss-reactive ketones (excluding diaryl/α,β-unsaturated/α-hetero) is 1. The normalized spacial score (nSPS) is 17.9. The molecule has 2 atom stereocenters. The minimum Gasteiger partial charge on any atom is -0.494 e. The number of fused-ring (bicyclic) bond motifs is 1. The number of ether oxygens (including phenoxy) is 3. The van der Waals surface area contributed by atoms with Crippen molar-refractivity contribution in [2.75, 3.05) is 24.4 Å². The quantitative estimate of drug-likeness (QED) is 0.237. The lowest BCUT2D eigenvalue weighted by atomic mass is 9.78. The topological polar surface area (TPSA) is 68.8 Å². The maximum Gasteiger partial charge on any atom is 0.163 e. The van der Waals surface area contributed by atoms with Crippen LogP contribution in [0.4, 0.5) is 11.4 Å². The Morgan fingerprint density at radius 3 is 2.27 bits per heavy atom. The summed E-state index contributed by atoms with van der Waals surface area (Å²) in [7, 11) is 1.64. The molecule has 2 aliphatic rings. The average Bonchev–Trinajstić information content (AvgIpc) is 3.18. The molecule has 1 aliphatic heterocycles. The molecule has 0 aromatic heterocycles. The lowest BCUT2D eigenvalue weighted by molar-refractivity contribution is -0.116. The fourth-order valence-corrected chi connectivity index (χ4v) is 5.70. The van der Waals surface area contributed by atoms with Crippen molar-refractivity contribution in [1.82, 2.24) is 0 Å². The number of benzene rings is 4. The molecule has 208 valence electrons. The van der Waals surface area contributed by atoms with Crippen LogP contribution in [-0.2, 0) is 11.4 Å². The Balaban J connectivity index is 1.36. The summed E-state index contributed by atoms with van der Waals surface area (Å²) in [6.45, 7) is 3.02. The van der Waals surface area contributed by atoms with Gasteiger partial charge in [0.05, 0.1) is 31.1 Å². The van der Waals surface area contributed by atoms with Gasteiger partial charge in [-0.3, -0.25) is 4.79 Å². The zero-order chi connectivity index (χ0) is 28.2. The van der Waals surface area contributed by atoms with Crippen molar-refractivity contribution in [1.29, 1.82) is 0 Å². The monoisotopic (exact) mass is 546 g/mol. The second-order valence-electron chi connectivity index (χ2n) is 10.4.